The number of amides is 2. The lowest BCUT2D eigenvalue weighted by atomic mass is 10.1. The summed E-state index contributed by atoms with van der Waals surface area (Å²) in [6.45, 7) is 2.66. The number of nitrogens with zero attached hydrogens (tertiary/aromatic N) is 3. The minimum absolute atomic E-state index is 0.0611. The van der Waals surface area contributed by atoms with Crippen LogP contribution in [0.25, 0.3) is 22.9 Å². The average Bonchev–Trinajstić information content (AvgIpc) is 3.49. The van der Waals surface area contributed by atoms with E-state index in [1.165, 1.54) is 0 Å². The highest BCUT2D eigenvalue weighted by atomic mass is 35.5. The summed E-state index contributed by atoms with van der Waals surface area (Å²) >= 11 is 6.38. The summed E-state index contributed by atoms with van der Waals surface area (Å²) in [5, 5.41) is 11.5. The summed E-state index contributed by atoms with van der Waals surface area (Å²) in [5.74, 6) is 0.600. The third-order valence-electron chi connectivity index (χ3n) is 5.65. The lowest BCUT2D eigenvalue weighted by molar-refractivity contribution is -0.117. The van der Waals surface area contributed by atoms with Gasteiger partial charge in [-0.1, -0.05) is 29.3 Å². The Kier molecular flexibility index (Phi) is 5.86. The number of aryl methyl sites for hydroxylation is 1. The maximum atomic E-state index is 12.7. The highest BCUT2D eigenvalue weighted by molar-refractivity contribution is 6.34. The van der Waals surface area contributed by atoms with E-state index >= 15 is 0 Å². The molecule has 5 rings (SSSR count). The van der Waals surface area contributed by atoms with Crippen molar-refractivity contribution in [1.29, 1.82) is 0 Å². The molecule has 0 aliphatic carbocycles. The predicted octanol–water partition coefficient (Wildman–Crippen LogP) is 5.74. The van der Waals surface area contributed by atoms with Gasteiger partial charge in [0.1, 0.15) is 0 Å². The molecule has 34 heavy (non-hydrogen) atoms. The second-order valence-corrected chi connectivity index (χ2v) is 8.54. The molecule has 1 saturated heterocycles. The topological polar surface area (TPSA) is 88.3 Å². The molecule has 170 valence electrons. The van der Waals surface area contributed by atoms with Crippen molar-refractivity contribution in [3.8, 4) is 22.9 Å². The number of carbonyl (C=O) groups excluding carboxylic acids is 2. The van der Waals surface area contributed by atoms with Crippen molar-refractivity contribution in [2.24, 2.45) is 0 Å². The van der Waals surface area contributed by atoms with Crippen molar-refractivity contribution >= 4 is 34.8 Å². The van der Waals surface area contributed by atoms with E-state index in [-0.39, 0.29) is 11.8 Å². The Labute approximate surface area is 201 Å². The fraction of sp³-hybridized carbons (Fsp3) is 0.154. The standard InChI is InChI=1S/C26H21ClN4O3/c1-16-4-2-5-19(14-16)26-30-29-25(34-26)18-9-7-17(8-10-18)24(33)28-20-11-12-22(21(27)15-20)31-13-3-6-23(31)32/h2,4-5,7-12,14-15H,3,6,13H2,1H3,(H,28,33). The van der Waals surface area contributed by atoms with Crippen LogP contribution in [0.3, 0.4) is 0 Å². The van der Waals surface area contributed by atoms with Crippen molar-refractivity contribution in [3.63, 3.8) is 0 Å². The molecule has 3 aromatic carbocycles. The largest absolute Gasteiger partial charge is 0.416 e. The number of anilines is 2. The maximum Gasteiger partial charge on any atom is 0.255 e. The zero-order valence-electron chi connectivity index (χ0n) is 18.4. The van der Waals surface area contributed by atoms with Crippen LogP contribution in [0, 0.1) is 6.92 Å². The number of aromatic nitrogens is 2. The molecular formula is C26H21ClN4O3. The fourth-order valence-electron chi connectivity index (χ4n) is 3.91. The molecule has 0 bridgehead atoms. The van der Waals surface area contributed by atoms with Gasteiger partial charge in [-0.25, -0.2) is 0 Å². The molecule has 0 spiro atoms. The maximum absolute atomic E-state index is 12.7. The zero-order valence-corrected chi connectivity index (χ0v) is 19.2. The van der Waals surface area contributed by atoms with E-state index in [1.807, 2.05) is 31.2 Å². The monoisotopic (exact) mass is 472 g/mol. The molecular weight excluding hydrogens is 452 g/mol. The van der Waals surface area contributed by atoms with Gasteiger partial charge >= 0.3 is 0 Å². The molecule has 1 aliphatic heterocycles. The lowest BCUT2D eigenvalue weighted by Crippen LogP contribution is -2.24. The number of hydrogen-bond donors (Lipinski definition) is 1. The molecule has 1 fully saturated rings. The normalized spacial score (nSPS) is 13.4. The summed E-state index contributed by atoms with van der Waals surface area (Å²) in [7, 11) is 0. The number of benzene rings is 3. The van der Waals surface area contributed by atoms with E-state index in [2.05, 4.69) is 15.5 Å². The summed E-state index contributed by atoms with van der Waals surface area (Å²) in [4.78, 5) is 26.4. The minimum Gasteiger partial charge on any atom is -0.416 e. The first kappa shape index (κ1) is 21.9. The van der Waals surface area contributed by atoms with Crippen molar-refractivity contribution in [2.75, 3.05) is 16.8 Å². The third-order valence-corrected chi connectivity index (χ3v) is 5.96. The first-order valence-corrected chi connectivity index (χ1v) is 11.3. The van der Waals surface area contributed by atoms with Crippen molar-refractivity contribution in [3.05, 3.63) is 82.9 Å². The van der Waals surface area contributed by atoms with Crippen LogP contribution < -0.4 is 10.2 Å². The van der Waals surface area contributed by atoms with E-state index in [1.54, 1.807) is 47.4 Å². The average molecular weight is 473 g/mol. The predicted molar refractivity (Wildman–Crippen MR) is 131 cm³/mol. The highest BCUT2D eigenvalue weighted by Crippen LogP contribution is 2.32. The number of nitrogens with one attached hydrogen (secondary N) is 1. The van der Waals surface area contributed by atoms with Gasteiger partial charge in [0.25, 0.3) is 5.91 Å². The second kappa shape index (κ2) is 9.11. The Bertz CT molecular complexity index is 1380. The van der Waals surface area contributed by atoms with Crippen molar-refractivity contribution < 1.29 is 14.0 Å². The Morgan fingerprint density at radius 1 is 1.00 bits per heavy atom. The Hall–Kier alpha value is -3.97. The number of rotatable bonds is 5. The number of carbonyl (C=O) groups is 2. The molecule has 8 heteroatoms. The molecule has 1 aliphatic rings. The van der Waals surface area contributed by atoms with Crippen LogP contribution in [0.5, 0.6) is 0 Å². The van der Waals surface area contributed by atoms with Crippen molar-refractivity contribution in [1.82, 2.24) is 10.2 Å². The molecule has 0 saturated carbocycles. The zero-order chi connectivity index (χ0) is 23.7. The SMILES string of the molecule is Cc1cccc(-c2nnc(-c3ccc(C(=O)Nc4ccc(N5CCCC5=O)c(Cl)c4)cc3)o2)c1. The highest BCUT2D eigenvalue weighted by Gasteiger charge is 2.23. The molecule has 1 aromatic heterocycles. The van der Waals surface area contributed by atoms with Gasteiger partial charge in [-0.05, 0) is 67.9 Å². The third kappa shape index (κ3) is 4.43. The van der Waals surface area contributed by atoms with E-state index < -0.39 is 0 Å². The molecule has 2 heterocycles. The van der Waals surface area contributed by atoms with Crippen LogP contribution >= 0.6 is 11.6 Å². The molecule has 0 atom stereocenters. The minimum atomic E-state index is -0.279. The van der Waals surface area contributed by atoms with Gasteiger partial charge in [0, 0.05) is 35.3 Å². The van der Waals surface area contributed by atoms with Crippen molar-refractivity contribution in [2.45, 2.75) is 19.8 Å². The first-order chi connectivity index (χ1) is 16.5. The van der Waals surface area contributed by atoms with E-state index in [0.717, 1.165) is 17.5 Å². The lowest BCUT2D eigenvalue weighted by Gasteiger charge is -2.18. The van der Waals surface area contributed by atoms with Gasteiger partial charge in [0.15, 0.2) is 0 Å². The summed E-state index contributed by atoms with van der Waals surface area (Å²) < 4.78 is 5.82. The molecule has 4 aromatic rings. The van der Waals surface area contributed by atoms with Gasteiger partial charge in [0.2, 0.25) is 17.7 Å². The fourth-order valence-corrected chi connectivity index (χ4v) is 4.19. The first-order valence-electron chi connectivity index (χ1n) is 10.9. The van der Waals surface area contributed by atoms with E-state index in [4.69, 9.17) is 16.0 Å². The van der Waals surface area contributed by atoms with Gasteiger partial charge in [-0.3, -0.25) is 9.59 Å². The van der Waals surface area contributed by atoms with Crippen LogP contribution in [0.15, 0.2) is 71.1 Å². The second-order valence-electron chi connectivity index (χ2n) is 8.13. The van der Waals surface area contributed by atoms with Gasteiger partial charge in [-0.2, -0.15) is 0 Å². The number of halogens is 1. The molecule has 1 N–H and O–H groups in total. The molecule has 2 amide bonds. The Balaban J connectivity index is 1.28. The molecule has 0 unspecified atom stereocenters. The van der Waals surface area contributed by atoms with Gasteiger partial charge in [-0.15, -0.1) is 10.2 Å². The smallest absolute Gasteiger partial charge is 0.255 e. The summed E-state index contributed by atoms with van der Waals surface area (Å²) in [5.41, 5.74) is 4.36. The summed E-state index contributed by atoms with van der Waals surface area (Å²) in [6.07, 6.45) is 1.35. The van der Waals surface area contributed by atoms with Crippen LogP contribution in [-0.2, 0) is 4.79 Å². The summed E-state index contributed by atoms with van der Waals surface area (Å²) in [6, 6.07) is 19.9. The Morgan fingerprint density at radius 2 is 1.76 bits per heavy atom. The Morgan fingerprint density at radius 3 is 2.44 bits per heavy atom. The quantitative estimate of drug-likeness (QED) is 0.400. The van der Waals surface area contributed by atoms with Crippen LogP contribution in [-0.4, -0.2) is 28.6 Å². The van der Waals surface area contributed by atoms with Crippen LogP contribution in [0.4, 0.5) is 11.4 Å². The van der Waals surface area contributed by atoms with E-state index in [9.17, 15) is 9.59 Å². The molecule has 0 radical (unpaired) electrons. The van der Waals surface area contributed by atoms with E-state index in [0.29, 0.717) is 52.3 Å². The van der Waals surface area contributed by atoms with Gasteiger partial charge in [0.05, 0.1) is 10.7 Å². The number of hydrogen-bond acceptors (Lipinski definition) is 5. The molecule has 7 nitrogen and oxygen atoms in total. The van der Waals surface area contributed by atoms with Crippen LogP contribution in [0.1, 0.15) is 28.8 Å². The van der Waals surface area contributed by atoms with Gasteiger partial charge < -0.3 is 14.6 Å². The van der Waals surface area contributed by atoms with Crippen LogP contribution in [0.2, 0.25) is 5.02 Å².